The Morgan fingerprint density at radius 2 is 2.10 bits per heavy atom. The fourth-order valence-electron chi connectivity index (χ4n) is 1.87. The lowest BCUT2D eigenvalue weighted by atomic mass is 10.3. The Morgan fingerprint density at radius 3 is 2.71 bits per heavy atom. The molecule has 0 fully saturated rings. The van der Waals surface area contributed by atoms with E-state index in [0.29, 0.717) is 5.95 Å². The van der Waals surface area contributed by atoms with E-state index < -0.39 is 6.09 Å². The minimum atomic E-state index is -0.873. The van der Waals surface area contributed by atoms with Crippen molar-refractivity contribution in [3.05, 3.63) is 18.0 Å². The molecule has 0 aromatic carbocycles. The predicted molar refractivity (Wildman–Crippen MR) is 81.6 cm³/mol. The van der Waals surface area contributed by atoms with Gasteiger partial charge in [-0.3, -0.25) is 0 Å². The van der Waals surface area contributed by atoms with Gasteiger partial charge in [0.25, 0.3) is 5.19 Å². The minimum absolute atomic E-state index is 0.220. The first-order chi connectivity index (χ1) is 10.0. The number of aryl methyl sites for hydroxylation is 1. The molecule has 0 atom stereocenters. The molecule has 2 aromatic rings. The summed E-state index contributed by atoms with van der Waals surface area (Å²) >= 11 is 1.23. The lowest BCUT2D eigenvalue weighted by Crippen LogP contribution is -2.24. The number of thiazole rings is 1. The SMILES string of the molecule is CCN(CC)c1nccc(-c2sc(OC(N)=O)nc2C)n1. The summed E-state index contributed by atoms with van der Waals surface area (Å²) in [5.74, 6) is 0.669. The zero-order valence-corrected chi connectivity index (χ0v) is 13.0. The molecule has 112 valence electrons. The second-order valence-corrected chi connectivity index (χ2v) is 5.19. The van der Waals surface area contributed by atoms with E-state index >= 15 is 0 Å². The Morgan fingerprint density at radius 1 is 1.38 bits per heavy atom. The third kappa shape index (κ3) is 3.46. The second kappa shape index (κ2) is 6.49. The third-order valence-electron chi connectivity index (χ3n) is 2.89. The Kier molecular flexibility index (Phi) is 4.69. The molecule has 0 radical (unpaired) electrons. The molecular formula is C13H17N5O2S. The molecule has 0 aliphatic heterocycles. The zero-order chi connectivity index (χ0) is 15.4. The van der Waals surface area contributed by atoms with Crippen molar-refractivity contribution in [2.75, 3.05) is 18.0 Å². The number of hydrogen-bond donors (Lipinski definition) is 1. The summed E-state index contributed by atoms with van der Waals surface area (Å²) in [6.07, 6.45) is 0.839. The number of ether oxygens (including phenoxy) is 1. The fraction of sp³-hybridized carbons (Fsp3) is 0.385. The van der Waals surface area contributed by atoms with E-state index in [9.17, 15) is 4.79 Å². The van der Waals surface area contributed by atoms with E-state index in [1.54, 1.807) is 6.20 Å². The number of carbonyl (C=O) groups is 1. The van der Waals surface area contributed by atoms with Gasteiger partial charge in [-0.05, 0) is 26.8 Å². The van der Waals surface area contributed by atoms with Gasteiger partial charge in [0.1, 0.15) is 0 Å². The molecule has 7 nitrogen and oxygen atoms in total. The average Bonchev–Trinajstić information content (AvgIpc) is 2.80. The van der Waals surface area contributed by atoms with Crippen molar-refractivity contribution in [3.63, 3.8) is 0 Å². The van der Waals surface area contributed by atoms with Gasteiger partial charge in [0.15, 0.2) is 0 Å². The van der Waals surface area contributed by atoms with Crippen LogP contribution >= 0.6 is 11.3 Å². The quantitative estimate of drug-likeness (QED) is 0.910. The highest BCUT2D eigenvalue weighted by atomic mass is 32.1. The van der Waals surface area contributed by atoms with E-state index in [0.717, 1.165) is 29.4 Å². The summed E-state index contributed by atoms with van der Waals surface area (Å²) in [5, 5.41) is 0.220. The number of rotatable bonds is 5. The number of aromatic nitrogens is 3. The highest BCUT2D eigenvalue weighted by Crippen LogP contribution is 2.33. The van der Waals surface area contributed by atoms with Crippen LogP contribution in [0.1, 0.15) is 19.5 Å². The fourth-order valence-corrected chi connectivity index (χ4v) is 2.77. The monoisotopic (exact) mass is 307 g/mol. The number of nitrogens with zero attached hydrogens (tertiary/aromatic N) is 4. The van der Waals surface area contributed by atoms with E-state index in [2.05, 4.69) is 33.7 Å². The molecule has 2 rings (SSSR count). The minimum Gasteiger partial charge on any atom is -0.381 e. The largest absolute Gasteiger partial charge is 0.411 e. The van der Waals surface area contributed by atoms with Crippen molar-refractivity contribution in [1.82, 2.24) is 15.0 Å². The molecule has 0 bridgehead atoms. The Labute approximate surface area is 126 Å². The van der Waals surface area contributed by atoms with Crippen molar-refractivity contribution >= 4 is 23.4 Å². The molecule has 0 aliphatic rings. The Hall–Kier alpha value is -2.22. The van der Waals surface area contributed by atoms with Gasteiger partial charge < -0.3 is 15.4 Å². The van der Waals surface area contributed by atoms with Crippen LogP contribution in [0.2, 0.25) is 0 Å². The molecule has 0 saturated carbocycles. The highest BCUT2D eigenvalue weighted by molar-refractivity contribution is 7.17. The highest BCUT2D eigenvalue weighted by Gasteiger charge is 2.15. The number of carbonyl (C=O) groups excluding carboxylic acids is 1. The number of anilines is 1. The second-order valence-electron chi connectivity index (χ2n) is 4.23. The van der Waals surface area contributed by atoms with Crippen molar-refractivity contribution in [1.29, 1.82) is 0 Å². The van der Waals surface area contributed by atoms with Gasteiger partial charge in [0, 0.05) is 19.3 Å². The van der Waals surface area contributed by atoms with Gasteiger partial charge in [-0.2, -0.15) is 0 Å². The molecule has 0 aliphatic carbocycles. The van der Waals surface area contributed by atoms with Crippen molar-refractivity contribution in [2.45, 2.75) is 20.8 Å². The molecule has 1 amide bonds. The maximum Gasteiger partial charge on any atom is 0.411 e. The maximum absolute atomic E-state index is 10.8. The van der Waals surface area contributed by atoms with E-state index in [1.165, 1.54) is 11.3 Å². The first-order valence-electron chi connectivity index (χ1n) is 6.58. The van der Waals surface area contributed by atoms with Crippen LogP contribution in [-0.4, -0.2) is 34.1 Å². The number of amides is 1. The molecule has 21 heavy (non-hydrogen) atoms. The van der Waals surface area contributed by atoms with Gasteiger partial charge >= 0.3 is 6.09 Å². The van der Waals surface area contributed by atoms with Gasteiger partial charge in [0.05, 0.1) is 16.3 Å². The van der Waals surface area contributed by atoms with Crippen molar-refractivity contribution in [2.24, 2.45) is 5.73 Å². The van der Waals surface area contributed by atoms with Crippen LogP contribution in [0.25, 0.3) is 10.6 Å². The topological polar surface area (TPSA) is 94.2 Å². The van der Waals surface area contributed by atoms with Crippen molar-refractivity contribution < 1.29 is 9.53 Å². The molecular weight excluding hydrogens is 290 g/mol. The summed E-state index contributed by atoms with van der Waals surface area (Å²) in [6.45, 7) is 7.60. The first kappa shape index (κ1) is 15.2. The number of nitrogens with two attached hydrogens (primary N) is 1. The molecule has 0 saturated heterocycles. The maximum atomic E-state index is 10.8. The molecule has 8 heteroatoms. The molecule has 0 spiro atoms. The standard InChI is InChI=1S/C13H17N5O2S/c1-4-18(5-2)12-15-7-6-9(17-12)10-8(3)16-13(21-10)20-11(14)19/h6-7H,4-5H2,1-3H3,(H2,14,19). The van der Waals surface area contributed by atoms with Crippen LogP contribution in [-0.2, 0) is 0 Å². The number of primary amides is 1. The van der Waals surface area contributed by atoms with Crippen LogP contribution in [0.3, 0.4) is 0 Å². The van der Waals surface area contributed by atoms with E-state index in [4.69, 9.17) is 10.5 Å². The van der Waals surface area contributed by atoms with Crippen molar-refractivity contribution in [3.8, 4) is 15.8 Å². The van der Waals surface area contributed by atoms with Gasteiger partial charge in [-0.1, -0.05) is 11.3 Å². The van der Waals surface area contributed by atoms with Crippen LogP contribution < -0.4 is 15.4 Å². The van der Waals surface area contributed by atoms with Gasteiger partial charge in [-0.25, -0.2) is 19.7 Å². The van der Waals surface area contributed by atoms with Gasteiger partial charge in [0.2, 0.25) is 5.95 Å². The van der Waals surface area contributed by atoms with Crippen LogP contribution in [0.5, 0.6) is 5.19 Å². The first-order valence-corrected chi connectivity index (χ1v) is 7.39. The van der Waals surface area contributed by atoms with E-state index in [-0.39, 0.29) is 5.19 Å². The molecule has 2 heterocycles. The predicted octanol–water partition coefficient (Wildman–Crippen LogP) is 2.21. The van der Waals surface area contributed by atoms with Crippen LogP contribution in [0.15, 0.2) is 12.3 Å². The summed E-state index contributed by atoms with van der Waals surface area (Å²) in [5.41, 5.74) is 6.48. The third-order valence-corrected chi connectivity index (χ3v) is 3.94. The summed E-state index contributed by atoms with van der Waals surface area (Å²) in [7, 11) is 0. The zero-order valence-electron chi connectivity index (χ0n) is 12.2. The van der Waals surface area contributed by atoms with Gasteiger partial charge in [-0.15, -0.1) is 0 Å². The lowest BCUT2D eigenvalue weighted by molar-refractivity contribution is 0.210. The number of hydrogen-bond acceptors (Lipinski definition) is 7. The lowest BCUT2D eigenvalue weighted by Gasteiger charge is -2.18. The Bertz CT molecular complexity index is 639. The Balaban J connectivity index is 2.36. The molecule has 2 aromatic heterocycles. The summed E-state index contributed by atoms with van der Waals surface area (Å²) in [4.78, 5) is 26.7. The van der Waals surface area contributed by atoms with Crippen LogP contribution in [0, 0.1) is 6.92 Å². The van der Waals surface area contributed by atoms with Crippen LogP contribution in [0.4, 0.5) is 10.7 Å². The molecule has 0 unspecified atom stereocenters. The summed E-state index contributed by atoms with van der Waals surface area (Å²) < 4.78 is 4.81. The average molecular weight is 307 g/mol. The summed E-state index contributed by atoms with van der Waals surface area (Å²) in [6, 6.07) is 1.81. The normalized spacial score (nSPS) is 10.4. The smallest absolute Gasteiger partial charge is 0.381 e. The molecule has 2 N–H and O–H groups in total. The van der Waals surface area contributed by atoms with E-state index in [1.807, 2.05) is 13.0 Å².